The molecule has 0 bridgehead atoms. The first-order valence-corrected chi connectivity index (χ1v) is 4.68. The number of carboxylic acid groups (broad SMARTS) is 1. The Morgan fingerprint density at radius 2 is 2.20 bits per heavy atom. The predicted molar refractivity (Wildman–Crippen MR) is 56.5 cm³/mol. The lowest BCUT2D eigenvalue weighted by Gasteiger charge is -2.07. The summed E-state index contributed by atoms with van der Waals surface area (Å²) in [4.78, 5) is 10.6. The Labute approximate surface area is 88.7 Å². The molecule has 82 valence electrons. The highest BCUT2D eigenvalue weighted by Gasteiger charge is 2.11. The Hall–Kier alpha value is -1.39. The van der Waals surface area contributed by atoms with Crippen LogP contribution in [0.5, 0.6) is 0 Å². The van der Waals surface area contributed by atoms with Crippen LogP contribution in [0.15, 0.2) is 24.3 Å². The molecule has 0 aliphatic rings. The monoisotopic (exact) mass is 209 g/mol. The minimum atomic E-state index is -0.979. The second kappa shape index (κ2) is 5.48. The third-order valence-corrected chi connectivity index (χ3v) is 2.08. The third kappa shape index (κ3) is 3.69. The topological polar surface area (TPSA) is 72.5 Å². The van der Waals surface area contributed by atoms with E-state index in [1.165, 1.54) is 0 Å². The number of hydrogen-bond acceptors (Lipinski definition) is 3. The Bertz CT molecular complexity index is 338. The summed E-state index contributed by atoms with van der Waals surface area (Å²) in [5.41, 5.74) is 7.38. The van der Waals surface area contributed by atoms with Gasteiger partial charge in [0.15, 0.2) is 0 Å². The maximum Gasteiger partial charge on any atom is 0.320 e. The molecule has 0 aliphatic heterocycles. The largest absolute Gasteiger partial charge is 0.480 e. The fourth-order valence-corrected chi connectivity index (χ4v) is 1.35. The molecule has 4 heteroatoms. The summed E-state index contributed by atoms with van der Waals surface area (Å²) in [5.74, 6) is -0.979. The van der Waals surface area contributed by atoms with Gasteiger partial charge in [-0.2, -0.15) is 0 Å². The molecular weight excluding hydrogens is 194 g/mol. The molecular formula is C11H15NO3. The highest BCUT2D eigenvalue weighted by Crippen LogP contribution is 2.08. The number of ether oxygens (including phenoxy) is 1. The van der Waals surface area contributed by atoms with Crippen LogP contribution in [0.1, 0.15) is 11.1 Å². The van der Waals surface area contributed by atoms with Crippen molar-refractivity contribution >= 4 is 5.97 Å². The molecule has 1 aromatic rings. The van der Waals surface area contributed by atoms with Crippen molar-refractivity contribution in [3.63, 3.8) is 0 Å². The van der Waals surface area contributed by atoms with Gasteiger partial charge < -0.3 is 15.6 Å². The van der Waals surface area contributed by atoms with Gasteiger partial charge in [0, 0.05) is 7.11 Å². The first-order chi connectivity index (χ1) is 7.13. The number of hydrogen-bond donors (Lipinski definition) is 2. The van der Waals surface area contributed by atoms with E-state index in [0.29, 0.717) is 13.0 Å². The number of aliphatic carboxylic acids is 1. The van der Waals surface area contributed by atoms with Gasteiger partial charge >= 0.3 is 5.97 Å². The molecule has 15 heavy (non-hydrogen) atoms. The minimum Gasteiger partial charge on any atom is -0.480 e. The van der Waals surface area contributed by atoms with Crippen LogP contribution in [-0.2, 0) is 22.6 Å². The van der Waals surface area contributed by atoms with Crippen molar-refractivity contribution in [3.8, 4) is 0 Å². The molecule has 0 fully saturated rings. The Morgan fingerprint density at radius 3 is 2.80 bits per heavy atom. The highest BCUT2D eigenvalue weighted by molar-refractivity contribution is 5.73. The standard InChI is InChI=1S/C11H15NO3/c1-15-7-9-4-2-3-8(5-9)6-10(12)11(13)14/h2-5,10H,6-7,12H2,1H3,(H,13,14)/t10-/m0/s1. The van der Waals surface area contributed by atoms with E-state index in [-0.39, 0.29) is 0 Å². The molecule has 1 atom stereocenters. The molecule has 4 nitrogen and oxygen atoms in total. The van der Waals surface area contributed by atoms with E-state index in [2.05, 4.69) is 0 Å². The molecule has 1 aromatic carbocycles. The predicted octanol–water partition coefficient (Wildman–Crippen LogP) is 0.787. The molecule has 0 saturated carbocycles. The quantitative estimate of drug-likeness (QED) is 0.752. The zero-order chi connectivity index (χ0) is 11.3. The van der Waals surface area contributed by atoms with Crippen molar-refractivity contribution in [2.24, 2.45) is 5.73 Å². The normalized spacial score (nSPS) is 12.4. The van der Waals surface area contributed by atoms with Gasteiger partial charge in [-0.3, -0.25) is 4.79 Å². The first-order valence-electron chi connectivity index (χ1n) is 4.68. The molecule has 0 heterocycles. The molecule has 0 saturated heterocycles. The van der Waals surface area contributed by atoms with Crippen LogP contribution in [0, 0.1) is 0 Å². The smallest absolute Gasteiger partial charge is 0.320 e. The van der Waals surface area contributed by atoms with Gasteiger partial charge in [0.05, 0.1) is 6.61 Å². The summed E-state index contributed by atoms with van der Waals surface area (Å²) in [6.07, 6.45) is 0.340. The lowest BCUT2D eigenvalue weighted by molar-refractivity contribution is -0.138. The summed E-state index contributed by atoms with van der Waals surface area (Å²) in [6, 6.07) is 6.73. The zero-order valence-electron chi connectivity index (χ0n) is 8.64. The van der Waals surface area contributed by atoms with Crippen LogP contribution in [-0.4, -0.2) is 24.2 Å². The van der Waals surface area contributed by atoms with E-state index < -0.39 is 12.0 Å². The average molecular weight is 209 g/mol. The van der Waals surface area contributed by atoms with Crippen molar-refractivity contribution in [2.45, 2.75) is 19.1 Å². The summed E-state index contributed by atoms with van der Waals surface area (Å²) in [5, 5.41) is 8.67. The van der Waals surface area contributed by atoms with Gasteiger partial charge in [-0.25, -0.2) is 0 Å². The van der Waals surface area contributed by atoms with Crippen LogP contribution in [0.25, 0.3) is 0 Å². The second-order valence-electron chi connectivity index (χ2n) is 3.40. The van der Waals surface area contributed by atoms with Crippen LogP contribution in [0.4, 0.5) is 0 Å². The second-order valence-corrected chi connectivity index (χ2v) is 3.40. The Morgan fingerprint density at radius 1 is 1.53 bits per heavy atom. The molecule has 0 amide bonds. The van der Waals surface area contributed by atoms with Crippen molar-refractivity contribution in [1.82, 2.24) is 0 Å². The summed E-state index contributed by atoms with van der Waals surface area (Å²) in [6.45, 7) is 0.524. The highest BCUT2D eigenvalue weighted by atomic mass is 16.5. The first kappa shape index (κ1) is 11.7. The average Bonchev–Trinajstić information content (AvgIpc) is 2.18. The lowest BCUT2D eigenvalue weighted by atomic mass is 10.0. The molecule has 0 spiro atoms. The molecule has 0 aliphatic carbocycles. The fraction of sp³-hybridized carbons (Fsp3) is 0.364. The van der Waals surface area contributed by atoms with Gasteiger partial charge in [-0.05, 0) is 17.5 Å². The fourth-order valence-electron chi connectivity index (χ4n) is 1.35. The van der Waals surface area contributed by atoms with E-state index >= 15 is 0 Å². The SMILES string of the molecule is COCc1cccc(C[C@H](N)C(=O)O)c1. The Balaban J connectivity index is 2.68. The van der Waals surface area contributed by atoms with Crippen LogP contribution < -0.4 is 5.73 Å². The van der Waals surface area contributed by atoms with E-state index in [1.807, 2.05) is 24.3 Å². The number of nitrogens with two attached hydrogens (primary N) is 1. The molecule has 0 radical (unpaired) electrons. The summed E-state index contributed by atoms with van der Waals surface area (Å²) < 4.78 is 4.99. The lowest BCUT2D eigenvalue weighted by Crippen LogP contribution is -2.32. The molecule has 3 N–H and O–H groups in total. The van der Waals surface area contributed by atoms with Crippen molar-refractivity contribution in [1.29, 1.82) is 0 Å². The molecule has 1 rings (SSSR count). The van der Waals surface area contributed by atoms with E-state index in [0.717, 1.165) is 11.1 Å². The van der Waals surface area contributed by atoms with Crippen molar-refractivity contribution in [2.75, 3.05) is 7.11 Å². The van der Waals surface area contributed by atoms with Crippen molar-refractivity contribution in [3.05, 3.63) is 35.4 Å². The minimum absolute atomic E-state index is 0.340. The van der Waals surface area contributed by atoms with E-state index in [1.54, 1.807) is 7.11 Å². The number of benzene rings is 1. The maximum absolute atomic E-state index is 10.6. The van der Waals surface area contributed by atoms with Gasteiger partial charge in [0.1, 0.15) is 6.04 Å². The summed E-state index contributed by atoms with van der Waals surface area (Å²) in [7, 11) is 1.62. The van der Waals surface area contributed by atoms with Gasteiger partial charge in [0.25, 0.3) is 0 Å². The molecule has 0 unspecified atom stereocenters. The number of methoxy groups -OCH3 is 1. The van der Waals surface area contributed by atoms with E-state index in [9.17, 15) is 4.79 Å². The van der Waals surface area contributed by atoms with Crippen LogP contribution >= 0.6 is 0 Å². The van der Waals surface area contributed by atoms with Gasteiger partial charge in [-0.15, -0.1) is 0 Å². The zero-order valence-corrected chi connectivity index (χ0v) is 8.64. The van der Waals surface area contributed by atoms with Crippen LogP contribution in [0.2, 0.25) is 0 Å². The number of carbonyl (C=O) groups is 1. The van der Waals surface area contributed by atoms with Crippen molar-refractivity contribution < 1.29 is 14.6 Å². The number of carboxylic acids is 1. The molecule has 0 aromatic heterocycles. The number of rotatable bonds is 5. The van der Waals surface area contributed by atoms with E-state index in [4.69, 9.17) is 15.6 Å². The third-order valence-electron chi connectivity index (χ3n) is 2.08. The summed E-state index contributed by atoms with van der Waals surface area (Å²) >= 11 is 0. The van der Waals surface area contributed by atoms with Crippen LogP contribution in [0.3, 0.4) is 0 Å². The maximum atomic E-state index is 10.6. The Kier molecular flexibility index (Phi) is 4.27. The van der Waals surface area contributed by atoms with Gasteiger partial charge in [0.2, 0.25) is 0 Å². The van der Waals surface area contributed by atoms with Gasteiger partial charge in [-0.1, -0.05) is 24.3 Å².